The predicted octanol–water partition coefficient (Wildman–Crippen LogP) is 14.3. The molecule has 0 aliphatic rings. The van der Waals surface area contributed by atoms with Gasteiger partial charge in [0.05, 0.1) is 12.4 Å². The number of hydrogen-bond acceptors (Lipinski definition) is 6. The first kappa shape index (κ1) is 66.1. The molecule has 2 aromatic carbocycles. The Morgan fingerprint density at radius 1 is 0.897 bits per heavy atom. The van der Waals surface area contributed by atoms with Crippen LogP contribution in [0.15, 0.2) is 108 Å². The molecule has 0 bridgehead atoms. The molecule has 9 heteroatoms. The molecule has 1 unspecified atom stereocenters. The predicted molar refractivity (Wildman–Crippen MR) is 258 cm³/mol. The molecule has 0 heterocycles. The van der Waals surface area contributed by atoms with Crippen molar-refractivity contribution in [3.05, 3.63) is 125 Å². The lowest BCUT2D eigenvalue weighted by Crippen LogP contribution is -2.29. The number of phenolic OH excluding ortho intramolecular Hbond substituents is 1. The summed E-state index contributed by atoms with van der Waals surface area (Å²) in [6, 6.07) is 16.1. The van der Waals surface area contributed by atoms with Gasteiger partial charge in [-0.05, 0) is 123 Å². The van der Waals surface area contributed by atoms with Crippen molar-refractivity contribution >= 4 is 13.9 Å². The highest BCUT2D eigenvalue weighted by molar-refractivity contribution is 7.59. The van der Waals surface area contributed by atoms with Crippen molar-refractivity contribution in [2.75, 3.05) is 33.2 Å². The third-order valence-corrected chi connectivity index (χ3v) is 8.91. The van der Waals surface area contributed by atoms with E-state index >= 15 is 0 Å². The van der Waals surface area contributed by atoms with Crippen molar-refractivity contribution in [2.24, 2.45) is 0 Å². The van der Waals surface area contributed by atoms with Gasteiger partial charge in [0.25, 0.3) is 6.47 Å². The molecule has 0 radical (unpaired) electrons. The van der Waals surface area contributed by atoms with Crippen LogP contribution in [0.4, 0.5) is 0 Å². The first-order valence-electron chi connectivity index (χ1n) is 20.7. The third kappa shape index (κ3) is 43.4. The van der Waals surface area contributed by atoms with Crippen molar-refractivity contribution in [3.8, 4) is 5.75 Å². The molecule has 58 heavy (non-hydrogen) atoms. The second kappa shape index (κ2) is 47.7. The van der Waals surface area contributed by atoms with E-state index in [9.17, 15) is 14.5 Å². The van der Waals surface area contributed by atoms with Crippen LogP contribution >= 0.6 is 7.44 Å². The maximum atomic E-state index is 13.0. The Kier molecular flexibility index (Phi) is 54.4. The minimum atomic E-state index is -2.81. The zero-order valence-corrected chi connectivity index (χ0v) is 41.4. The average Bonchev–Trinajstić information content (AvgIpc) is 3.19. The monoisotopic (exact) mass is 833 g/mol. The number of phenols is 1. The lowest BCUT2D eigenvalue weighted by atomic mass is 9.92. The van der Waals surface area contributed by atoms with Crippen LogP contribution in [-0.4, -0.2) is 50.8 Å². The Morgan fingerprint density at radius 3 is 1.71 bits per heavy atom. The topological polar surface area (TPSA) is 106 Å². The fraction of sp³-hybridized carbons (Fsp3) is 0.531. The van der Waals surface area contributed by atoms with Crippen molar-refractivity contribution in [1.29, 1.82) is 0 Å². The number of ether oxygens (including phenoxy) is 3. The van der Waals surface area contributed by atoms with Gasteiger partial charge in [0.2, 0.25) is 7.44 Å². The van der Waals surface area contributed by atoms with Crippen molar-refractivity contribution in [1.82, 2.24) is 10.2 Å². The Bertz CT molecular complexity index is 1380. The van der Waals surface area contributed by atoms with Crippen LogP contribution in [0.1, 0.15) is 140 Å². The number of aromatic hydroxyl groups is 1. The summed E-state index contributed by atoms with van der Waals surface area (Å²) in [5.41, 5.74) is 6.56. The number of carbonyl (C=O) groups is 1. The molecule has 3 N–H and O–H groups in total. The van der Waals surface area contributed by atoms with Crippen molar-refractivity contribution in [3.63, 3.8) is 0 Å². The van der Waals surface area contributed by atoms with Crippen LogP contribution in [0.25, 0.3) is 0 Å². The second-order valence-corrected chi connectivity index (χ2v) is 14.9. The Balaban J connectivity index is -0.000000201. The SMILES string of the molecule is C/C=C\C.C=C(C)/C(Cc1ccc(O)c(C(C)C)c1)=C(C)\C=C(/C)OCP(=O)(NCC)NC(C)C.C=CC.CC.CC.CCOC.CCOC=O.Cc1ccccc1. The number of benzene rings is 2. The maximum absolute atomic E-state index is 13.0. The highest BCUT2D eigenvalue weighted by Gasteiger charge is 2.22. The molecule has 0 spiro atoms. The summed E-state index contributed by atoms with van der Waals surface area (Å²) in [5, 5.41) is 16.2. The van der Waals surface area contributed by atoms with Gasteiger partial charge in [0, 0.05) is 26.3 Å². The van der Waals surface area contributed by atoms with Gasteiger partial charge in [-0.25, -0.2) is 5.09 Å². The summed E-state index contributed by atoms with van der Waals surface area (Å²) in [6.07, 6.45) is 8.53. The molecule has 336 valence electrons. The molecule has 2 rings (SSSR count). The molecular formula is C49H89N2O6P. The molecule has 1 atom stereocenters. The highest BCUT2D eigenvalue weighted by Crippen LogP contribution is 2.37. The number of aryl methyl sites for hydroxylation is 1. The molecule has 0 saturated heterocycles. The van der Waals surface area contributed by atoms with Crippen LogP contribution in [0, 0.1) is 6.92 Å². The summed E-state index contributed by atoms with van der Waals surface area (Å²) in [5.74, 6) is 1.29. The molecule has 8 nitrogen and oxygen atoms in total. The molecule has 0 fully saturated rings. The van der Waals surface area contributed by atoms with E-state index in [2.05, 4.69) is 71.8 Å². The van der Waals surface area contributed by atoms with E-state index in [1.54, 1.807) is 26.2 Å². The molecular weight excluding hydrogens is 744 g/mol. The van der Waals surface area contributed by atoms with Crippen LogP contribution in [0.5, 0.6) is 5.75 Å². The quantitative estimate of drug-likeness (QED) is 0.0536. The summed E-state index contributed by atoms with van der Waals surface area (Å²) in [7, 11) is -1.13. The van der Waals surface area contributed by atoms with Crippen molar-refractivity contribution in [2.45, 2.75) is 143 Å². The maximum Gasteiger partial charge on any atom is 0.293 e. The van der Waals surface area contributed by atoms with Gasteiger partial charge in [0.1, 0.15) is 5.75 Å². The third-order valence-electron chi connectivity index (χ3n) is 6.66. The van der Waals surface area contributed by atoms with Crippen LogP contribution in [0.2, 0.25) is 0 Å². The van der Waals surface area contributed by atoms with E-state index < -0.39 is 7.44 Å². The number of allylic oxidation sites excluding steroid dienone is 8. The largest absolute Gasteiger partial charge is 0.508 e. The van der Waals surface area contributed by atoms with E-state index in [1.807, 2.05) is 139 Å². The number of carbonyl (C=O) groups excluding carboxylic acids is 1. The van der Waals surface area contributed by atoms with Gasteiger partial charge in [0.15, 0.2) is 6.35 Å². The highest BCUT2D eigenvalue weighted by atomic mass is 31.2. The van der Waals surface area contributed by atoms with Gasteiger partial charge in [-0.2, -0.15) is 0 Å². The first-order chi connectivity index (χ1) is 27.4. The normalized spacial score (nSPS) is 11.3. The molecule has 0 amide bonds. The number of rotatable bonds is 15. The first-order valence-corrected chi connectivity index (χ1v) is 22.6. The van der Waals surface area contributed by atoms with Gasteiger partial charge < -0.3 is 19.3 Å². The fourth-order valence-corrected chi connectivity index (χ4v) is 6.02. The molecule has 2 aromatic rings. The lowest BCUT2D eigenvalue weighted by molar-refractivity contribution is -0.128. The van der Waals surface area contributed by atoms with E-state index in [1.165, 1.54) is 5.56 Å². The van der Waals surface area contributed by atoms with Crippen LogP contribution in [0.3, 0.4) is 0 Å². The van der Waals surface area contributed by atoms with Gasteiger partial charge in [-0.3, -0.25) is 14.4 Å². The number of nitrogens with one attached hydrogen (secondary N) is 2. The Labute approximate surface area is 358 Å². The van der Waals surface area contributed by atoms with Crippen molar-refractivity contribution < 1.29 is 28.7 Å². The molecule has 0 aromatic heterocycles. The molecule has 0 aliphatic heterocycles. The zero-order chi connectivity index (χ0) is 46.5. The zero-order valence-electron chi connectivity index (χ0n) is 40.5. The lowest BCUT2D eigenvalue weighted by Gasteiger charge is -2.23. The smallest absolute Gasteiger partial charge is 0.293 e. The number of hydrogen-bond donors (Lipinski definition) is 3. The fourth-order valence-electron chi connectivity index (χ4n) is 4.04. The van der Waals surface area contributed by atoms with Gasteiger partial charge in [-0.1, -0.05) is 127 Å². The Morgan fingerprint density at radius 2 is 1.40 bits per heavy atom. The summed E-state index contributed by atoms with van der Waals surface area (Å²) < 4.78 is 27.5. The van der Waals surface area contributed by atoms with E-state index in [0.29, 0.717) is 31.1 Å². The molecule has 0 aliphatic carbocycles. The Hall–Kier alpha value is -3.68. The standard InChI is InChI=1S/C25H41N2O3P.C7H8.C4H8.C3H6O2.C3H8O.C3H6.2C2H6/c1-10-26-31(29,27-19(6)7)16-30-21(9)13-20(8)23(17(2)3)14-22-11-12-25(28)24(15-22)18(4)5;1-7-5-3-2-4-6-7;1-3-4-2;1-2-5-3-4;1-3-4-2;1-3-2;2*1-2/h11-13,15,18-19,28H,2,10,14,16H2,1,3-9H3,(H2,26,27,29);2-6H,1H3;3-4H,1-2H3;3H,2H2,1H3;3H2,1-2H3;3H,1H2,2H3;2*1-2H3/b21-13+,23-20-;;4-3-;;;;;. The minimum Gasteiger partial charge on any atom is -0.508 e. The van der Waals surface area contributed by atoms with Gasteiger partial charge in [-0.15, -0.1) is 6.58 Å². The van der Waals surface area contributed by atoms with Gasteiger partial charge >= 0.3 is 0 Å². The second-order valence-electron chi connectivity index (χ2n) is 12.6. The van der Waals surface area contributed by atoms with Crippen LogP contribution < -0.4 is 10.2 Å². The minimum absolute atomic E-state index is 0.0900. The van der Waals surface area contributed by atoms with E-state index in [4.69, 9.17) is 4.74 Å². The average molecular weight is 833 g/mol. The van der Waals surface area contributed by atoms with E-state index in [-0.39, 0.29) is 18.3 Å². The molecule has 0 saturated carbocycles. The summed E-state index contributed by atoms with van der Waals surface area (Å²) in [6.45, 7) is 45.5. The van der Waals surface area contributed by atoms with Crippen LogP contribution in [-0.2, 0) is 30.0 Å². The summed E-state index contributed by atoms with van der Waals surface area (Å²) in [4.78, 5) is 9.18. The van der Waals surface area contributed by atoms with E-state index in [0.717, 1.165) is 40.9 Å². The number of methoxy groups -OCH3 is 1. The summed E-state index contributed by atoms with van der Waals surface area (Å²) >= 11 is 0.